The molecule has 0 aliphatic carbocycles. The van der Waals surface area contributed by atoms with Crippen molar-refractivity contribution in [1.82, 2.24) is 19.6 Å². The molecule has 2 aliphatic heterocycles. The number of benzene rings is 2. The second-order valence-electron chi connectivity index (χ2n) is 9.55. The molecule has 0 aromatic heterocycles. The normalized spacial score (nSPS) is 18.2. The van der Waals surface area contributed by atoms with Crippen LogP contribution in [0, 0.1) is 0 Å². The Kier molecular flexibility index (Phi) is 12.8. The number of esters is 1. The van der Waals surface area contributed by atoms with Crippen LogP contribution in [-0.2, 0) is 19.9 Å². The number of carbonyl (C=O) groups is 3. The zero-order valence-corrected chi connectivity index (χ0v) is 24.2. The van der Waals surface area contributed by atoms with Crippen LogP contribution in [0.5, 0.6) is 0 Å². The zero-order chi connectivity index (χ0) is 27.1. The summed E-state index contributed by atoms with van der Waals surface area (Å²) in [5.74, 6) is -1.23. The molecule has 0 bridgehead atoms. The molecule has 1 atom stereocenters. The first kappa shape index (κ1) is 33.5. The van der Waals surface area contributed by atoms with E-state index in [4.69, 9.17) is 4.74 Å². The smallest absolute Gasteiger partial charge is 0.328 e. The van der Waals surface area contributed by atoms with Gasteiger partial charge in [-0.2, -0.15) is 0 Å². The fourth-order valence-corrected chi connectivity index (χ4v) is 5.36. The molecule has 12 heteroatoms. The maximum absolute atomic E-state index is 14.2. The fourth-order valence-electron chi connectivity index (χ4n) is 5.36. The van der Waals surface area contributed by atoms with Gasteiger partial charge in [0.05, 0.1) is 25.9 Å². The average Bonchev–Trinajstić information content (AvgIpc) is 3.13. The summed E-state index contributed by atoms with van der Waals surface area (Å²) in [7, 11) is 0. The third-order valence-electron chi connectivity index (χ3n) is 7.14. The minimum Gasteiger partial charge on any atom is -0.465 e. The van der Waals surface area contributed by atoms with E-state index in [1.54, 1.807) is 55.5 Å². The Morgan fingerprint density at radius 1 is 0.900 bits per heavy atom. The van der Waals surface area contributed by atoms with Crippen molar-refractivity contribution in [3.8, 4) is 0 Å². The average molecular weight is 598 g/mol. The number of urea groups is 1. The van der Waals surface area contributed by atoms with Gasteiger partial charge >= 0.3 is 12.0 Å². The van der Waals surface area contributed by atoms with E-state index >= 15 is 0 Å². The summed E-state index contributed by atoms with van der Waals surface area (Å²) in [6.07, 6.45) is -0.939. The van der Waals surface area contributed by atoms with E-state index in [-0.39, 0.29) is 44.6 Å². The molecule has 2 saturated heterocycles. The van der Waals surface area contributed by atoms with Gasteiger partial charge in [-0.15, -0.1) is 24.8 Å². The molecule has 0 radical (unpaired) electrons. The van der Waals surface area contributed by atoms with Crippen molar-refractivity contribution in [2.75, 3.05) is 65.6 Å². The summed E-state index contributed by atoms with van der Waals surface area (Å²) >= 11 is 0. The Hall–Kier alpha value is -2.73. The van der Waals surface area contributed by atoms with Crippen LogP contribution in [-0.4, -0.2) is 119 Å². The van der Waals surface area contributed by atoms with Crippen molar-refractivity contribution in [1.29, 1.82) is 0 Å². The third kappa shape index (κ3) is 6.94. The molecule has 2 aromatic carbocycles. The van der Waals surface area contributed by atoms with Gasteiger partial charge in [0.25, 0.3) is 5.91 Å². The van der Waals surface area contributed by atoms with Gasteiger partial charge in [-0.05, 0) is 18.1 Å². The van der Waals surface area contributed by atoms with Crippen LogP contribution in [0.4, 0.5) is 4.79 Å². The fraction of sp³-hybridized carbons (Fsp3) is 0.464. The molecule has 40 heavy (non-hydrogen) atoms. The number of carbonyl (C=O) groups excluding carboxylic acids is 3. The predicted molar refractivity (Wildman–Crippen MR) is 155 cm³/mol. The molecule has 2 N–H and O–H groups in total. The van der Waals surface area contributed by atoms with Crippen LogP contribution in [0.25, 0.3) is 0 Å². The van der Waals surface area contributed by atoms with Gasteiger partial charge in [0, 0.05) is 39.3 Å². The number of ether oxygens (including phenoxy) is 1. The van der Waals surface area contributed by atoms with Crippen molar-refractivity contribution in [2.24, 2.45) is 0 Å². The Balaban J connectivity index is 0.00000280. The molecule has 2 heterocycles. The Labute approximate surface area is 247 Å². The van der Waals surface area contributed by atoms with Crippen molar-refractivity contribution in [3.05, 3.63) is 71.8 Å². The highest BCUT2D eigenvalue weighted by atomic mass is 35.5. The topological polar surface area (TPSA) is 114 Å². The van der Waals surface area contributed by atoms with Crippen LogP contribution < -0.4 is 0 Å². The van der Waals surface area contributed by atoms with Crippen LogP contribution in [0.3, 0.4) is 0 Å². The first-order valence-electron chi connectivity index (χ1n) is 13.1. The number of aliphatic hydroxyl groups excluding tert-OH is 2. The second-order valence-corrected chi connectivity index (χ2v) is 9.55. The number of hydrogen-bond acceptors (Lipinski definition) is 8. The zero-order valence-electron chi connectivity index (χ0n) is 22.6. The van der Waals surface area contributed by atoms with E-state index < -0.39 is 36.1 Å². The van der Waals surface area contributed by atoms with Gasteiger partial charge < -0.3 is 14.9 Å². The largest absolute Gasteiger partial charge is 0.465 e. The van der Waals surface area contributed by atoms with Crippen LogP contribution in [0.2, 0.25) is 0 Å². The van der Waals surface area contributed by atoms with Gasteiger partial charge in [0.1, 0.15) is 6.54 Å². The molecule has 3 amide bonds. The summed E-state index contributed by atoms with van der Waals surface area (Å²) < 4.78 is 5.04. The van der Waals surface area contributed by atoms with Crippen molar-refractivity contribution in [2.45, 2.75) is 18.6 Å². The number of hydrogen-bond donors (Lipinski definition) is 2. The lowest BCUT2D eigenvalue weighted by molar-refractivity contribution is -0.147. The highest BCUT2D eigenvalue weighted by Gasteiger charge is 2.60. The van der Waals surface area contributed by atoms with E-state index in [1.807, 2.05) is 12.1 Å². The summed E-state index contributed by atoms with van der Waals surface area (Å²) in [6.45, 7) is 5.23. The molecule has 2 fully saturated rings. The molecule has 220 valence electrons. The van der Waals surface area contributed by atoms with E-state index in [2.05, 4.69) is 9.80 Å². The predicted octanol–water partition coefficient (Wildman–Crippen LogP) is 1.57. The molecular formula is C28H38Cl2N4O6. The van der Waals surface area contributed by atoms with Gasteiger partial charge in [0.15, 0.2) is 5.54 Å². The van der Waals surface area contributed by atoms with E-state index in [1.165, 1.54) is 4.90 Å². The summed E-state index contributed by atoms with van der Waals surface area (Å²) in [4.78, 5) is 47.0. The molecule has 4 rings (SSSR count). The summed E-state index contributed by atoms with van der Waals surface area (Å²) in [5, 5.41) is 20.4. The molecule has 0 spiro atoms. The maximum atomic E-state index is 14.2. The first-order valence-corrected chi connectivity index (χ1v) is 13.1. The third-order valence-corrected chi connectivity index (χ3v) is 7.14. The van der Waals surface area contributed by atoms with E-state index in [0.29, 0.717) is 24.2 Å². The number of amides is 3. The Morgan fingerprint density at radius 2 is 1.43 bits per heavy atom. The van der Waals surface area contributed by atoms with E-state index in [9.17, 15) is 24.6 Å². The summed E-state index contributed by atoms with van der Waals surface area (Å²) in [6, 6.07) is 17.3. The Morgan fingerprint density at radius 3 is 1.93 bits per heavy atom. The number of imide groups is 1. The van der Waals surface area contributed by atoms with Gasteiger partial charge in [-0.1, -0.05) is 60.7 Å². The van der Waals surface area contributed by atoms with Gasteiger partial charge in [-0.25, -0.2) is 4.79 Å². The monoisotopic (exact) mass is 596 g/mol. The molecular weight excluding hydrogens is 559 g/mol. The number of halogens is 2. The molecule has 10 nitrogen and oxygen atoms in total. The highest BCUT2D eigenvalue weighted by molar-refractivity contribution is 6.11. The number of rotatable bonds is 11. The lowest BCUT2D eigenvalue weighted by Crippen LogP contribution is -2.54. The van der Waals surface area contributed by atoms with Crippen molar-refractivity contribution in [3.63, 3.8) is 0 Å². The Bertz CT molecular complexity index is 1060. The molecule has 1 unspecified atom stereocenters. The molecule has 0 saturated carbocycles. The van der Waals surface area contributed by atoms with Crippen molar-refractivity contribution < 1.29 is 29.3 Å². The minimum absolute atomic E-state index is 0. The highest BCUT2D eigenvalue weighted by Crippen LogP contribution is 2.43. The van der Waals surface area contributed by atoms with Crippen LogP contribution >= 0.6 is 24.8 Å². The first-order chi connectivity index (χ1) is 18.4. The molecule has 2 aromatic rings. The van der Waals surface area contributed by atoms with E-state index in [0.717, 1.165) is 31.1 Å². The number of nitrogens with zero attached hydrogens (tertiary/aromatic N) is 4. The van der Waals surface area contributed by atoms with Crippen LogP contribution in [0.1, 0.15) is 18.1 Å². The maximum Gasteiger partial charge on any atom is 0.328 e. The number of β-amino-alcohol motifs (C(OH)–C–C–N with tert-alkyl or cyclic N) is 2. The lowest BCUT2D eigenvalue weighted by Gasteiger charge is -2.39. The quantitative estimate of drug-likeness (QED) is 0.297. The number of aliphatic hydroxyl groups is 2. The lowest BCUT2D eigenvalue weighted by atomic mass is 9.81. The van der Waals surface area contributed by atoms with Crippen molar-refractivity contribution >= 4 is 42.7 Å². The summed E-state index contributed by atoms with van der Waals surface area (Å²) in [5.41, 5.74) is -0.408. The van der Waals surface area contributed by atoms with Crippen LogP contribution in [0.15, 0.2) is 60.7 Å². The SMILES string of the molecule is CCOC(=O)CN1C(=O)N(CC(O)CN2CCN(CCO)CC2)C(c2ccccc2)(c2ccccc2)C1=O.Cl.Cl. The molecule has 2 aliphatic rings. The second kappa shape index (κ2) is 15.3. The van der Waals surface area contributed by atoms with Gasteiger partial charge in [-0.3, -0.25) is 29.2 Å². The standard InChI is InChI=1S/C28H36N4O6.2ClH/c1-2-38-25(35)21-31-26(36)28(22-9-5-3-6-10-22,23-11-7-4-8-12-23)32(27(31)37)20-24(34)19-30-15-13-29(14-16-30)17-18-33;;/h3-12,24,33-34H,2,13-21H2,1H3;2*1H. The van der Waals surface area contributed by atoms with Gasteiger partial charge in [0.2, 0.25) is 0 Å². The number of piperazine rings is 1. The minimum atomic E-state index is -1.55.